The van der Waals surface area contributed by atoms with Crippen LogP contribution in [0.3, 0.4) is 0 Å². The van der Waals surface area contributed by atoms with Gasteiger partial charge in [0, 0.05) is 5.02 Å². The van der Waals surface area contributed by atoms with E-state index in [-0.39, 0.29) is 0 Å². The SMILES string of the molecule is COC(=O)C(CO)Nc1cc(Cl)ccc1C#N. The Morgan fingerprint density at radius 2 is 2.41 bits per heavy atom. The number of aliphatic hydroxyl groups excluding tert-OH is 1. The summed E-state index contributed by atoms with van der Waals surface area (Å²) < 4.78 is 4.50. The number of rotatable bonds is 4. The monoisotopic (exact) mass is 254 g/mol. The van der Waals surface area contributed by atoms with Crippen molar-refractivity contribution in [1.29, 1.82) is 5.26 Å². The first kappa shape index (κ1) is 13.3. The van der Waals surface area contributed by atoms with E-state index in [0.29, 0.717) is 16.3 Å². The number of hydrogen-bond acceptors (Lipinski definition) is 5. The topological polar surface area (TPSA) is 82.3 Å². The standard InChI is InChI=1S/C11H11ClN2O3/c1-17-11(16)10(6-15)14-9-4-8(12)3-2-7(9)5-13/h2-4,10,14-15H,6H2,1H3. The third-order valence-electron chi connectivity index (χ3n) is 2.10. The van der Waals surface area contributed by atoms with Crippen molar-refractivity contribution in [3.8, 4) is 6.07 Å². The molecule has 0 saturated carbocycles. The Labute approximate surface area is 104 Å². The predicted molar refractivity (Wildman–Crippen MR) is 62.7 cm³/mol. The molecule has 0 radical (unpaired) electrons. The molecule has 6 heteroatoms. The zero-order valence-electron chi connectivity index (χ0n) is 9.11. The maximum absolute atomic E-state index is 11.3. The zero-order chi connectivity index (χ0) is 12.8. The molecule has 0 aromatic heterocycles. The van der Waals surface area contributed by atoms with Crippen LogP contribution in [-0.4, -0.2) is 30.8 Å². The third-order valence-corrected chi connectivity index (χ3v) is 2.34. The Morgan fingerprint density at radius 3 is 2.94 bits per heavy atom. The summed E-state index contributed by atoms with van der Waals surface area (Å²) in [5.74, 6) is -0.614. The summed E-state index contributed by atoms with van der Waals surface area (Å²) >= 11 is 5.79. The van der Waals surface area contributed by atoms with Gasteiger partial charge in [-0.2, -0.15) is 5.26 Å². The number of nitrogens with zero attached hydrogens (tertiary/aromatic N) is 1. The van der Waals surface area contributed by atoms with Gasteiger partial charge in [0.25, 0.3) is 0 Å². The smallest absolute Gasteiger partial charge is 0.330 e. The molecule has 0 aliphatic carbocycles. The summed E-state index contributed by atoms with van der Waals surface area (Å²) in [6.07, 6.45) is 0. The number of ether oxygens (including phenoxy) is 1. The van der Waals surface area contributed by atoms with E-state index in [2.05, 4.69) is 10.1 Å². The minimum Gasteiger partial charge on any atom is -0.467 e. The van der Waals surface area contributed by atoms with Crippen molar-refractivity contribution in [3.63, 3.8) is 0 Å². The highest BCUT2D eigenvalue weighted by Crippen LogP contribution is 2.21. The average Bonchev–Trinajstić information content (AvgIpc) is 2.35. The molecule has 0 fully saturated rings. The lowest BCUT2D eigenvalue weighted by Gasteiger charge is -2.16. The van der Waals surface area contributed by atoms with Gasteiger partial charge in [-0.05, 0) is 18.2 Å². The first-order valence-electron chi connectivity index (χ1n) is 4.77. The lowest BCUT2D eigenvalue weighted by molar-refractivity contribution is -0.142. The molecule has 1 unspecified atom stereocenters. The van der Waals surface area contributed by atoms with Gasteiger partial charge in [-0.25, -0.2) is 4.79 Å². The minimum atomic E-state index is -0.925. The van der Waals surface area contributed by atoms with Crippen LogP contribution in [0.2, 0.25) is 5.02 Å². The summed E-state index contributed by atoms with van der Waals surface area (Å²) in [5.41, 5.74) is 0.709. The van der Waals surface area contributed by atoms with Crippen molar-refractivity contribution in [2.24, 2.45) is 0 Å². The van der Waals surface area contributed by atoms with E-state index in [1.165, 1.54) is 19.2 Å². The van der Waals surface area contributed by atoms with Crippen molar-refractivity contribution in [1.82, 2.24) is 0 Å². The molecule has 0 aliphatic rings. The second-order valence-corrected chi connectivity index (χ2v) is 3.64. The largest absolute Gasteiger partial charge is 0.467 e. The fourth-order valence-electron chi connectivity index (χ4n) is 1.24. The fourth-order valence-corrected chi connectivity index (χ4v) is 1.41. The average molecular weight is 255 g/mol. The van der Waals surface area contributed by atoms with Crippen LogP contribution in [-0.2, 0) is 9.53 Å². The number of hydrogen-bond donors (Lipinski definition) is 2. The lowest BCUT2D eigenvalue weighted by atomic mass is 10.1. The van der Waals surface area contributed by atoms with Crippen LogP contribution in [0.5, 0.6) is 0 Å². The molecule has 5 nitrogen and oxygen atoms in total. The molecule has 17 heavy (non-hydrogen) atoms. The first-order valence-corrected chi connectivity index (χ1v) is 5.15. The second-order valence-electron chi connectivity index (χ2n) is 3.20. The number of carbonyl (C=O) groups excluding carboxylic acids is 1. The van der Waals surface area contributed by atoms with Crippen LogP contribution in [0.1, 0.15) is 5.56 Å². The third kappa shape index (κ3) is 3.34. The van der Waals surface area contributed by atoms with E-state index in [9.17, 15) is 4.79 Å². The quantitative estimate of drug-likeness (QED) is 0.788. The van der Waals surface area contributed by atoms with Crippen LogP contribution in [0, 0.1) is 11.3 Å². The van der Waals surface area contributed by atoms with Crippen molar-refractivity contribution in [2.45, 2.75) is 6.04 Å². The molecule has 0 saturated heterocycles. The van der Waals surface area contributed by atoms with E-state index in [4.69, 9.17) is 22.0 Å². The zero-order valence-corrected chi connectivity index (χ0v) is 9.86. The summed E-state index contributed by atoms with van der Waals surface area (Å²) in [7, 11) is 1.22. The Balaban J connectivity index is 2.97. The minimum absolute atomic E-state index is 0.330. The highest BCUT2D eigenvalue weighted by atomic mass is 35.5. The molecule has 90 valence electrons. The summed E-state index contributed by atoms with van der Waals surface area (Å²) in [5, 5.41) is 21.1. The Kier molecular flexibility index (Phi) is 4.76. The van der Waals surface area contributed by atoms with Gasteiger partial charge in [-0.15, -0.1) is 0 Å². The lowest BCUT2D eigenvalue weighted by Crippen LogP contribution is -2.34. The van der Waals surface area contributed by atoms with Crippen molar-refractivity contribution in [3.05, 3.63) is 28.8 Å². The van der Waals surface area contributed by atoms with Gasteiger partial charge in [0.1, 0.15) is 12.1 Å². The van der Waals surface area contributed by atoms with E-state index in [1.807, 2.05) is 6.07 Å². The Morgan fingerprint density at radius 1 is 1.71 bits per heavy atom. The molecular formula is C11H11ClN2O3. The molecule has 2 N–H and O–H groups in total. The maximum atomic E-state index is 11.3. The summed E-state index contributed by atoms with van der Waals surface area (Å²) in [6, 6.07) is 5.63. The van der Waals surface area contributed by atoms with Crippen molar-refractivity contribution >= 4 is 23.3 Å². The number of carbonyl (C=O) groups is 1. The predicted octanol–water partition coefficient (Wildman–Crippen LogP) is 1.16. The summed E-state index contributed by atoms with van der Waals surface area (Å²) in [4.78, 5) is 11.3. The number of benzene rings is 1. The molecule has 1 aromatic carbocycles. The van der Waals surface area contributed by atoms with E-state index < -0.39 is 18.6 Å². The van der Waals surface area contributed by atoms with Gasteiger partial charge in [-0.1, -0.05) is 11.6 Å². The van der Waals surface area contributed by atoms with Crippen LogP contribution in [0.4, 0.5) is 5.69 Å². The Hall–Kier alpha value is -1.77. The molecule has 0 aliphatic heterocycles. The van der Waals surface area contributed by atoms with Gasteiger partial charge in [0.05, 0.1) is 25.0 Å². The van der Waals surface area contributed by atoms with Gasteiger partial charge in [0.2, 0.25) is 0 Å². The van der Waals surface area contributed by atoms with Crippen LogP contribution in [0.15, 0.2) is 18.2 Å². The van der Waals surface area contributed by atoms with Gasteiger partial charge < -0.3 is 15.2 Å². The fraction of sp³-hybridized carbons (Fsp3) is 0.273. The van der Waals surface area contributed by atoms with E-state index >= 15 is 0 Å². The van der Waals surface area contributed by atoms with Gasteiger partial charge in [-0.3, -0.25) is 0 Å². The number of nitriles is 1. The highest BCUT2D eigenvalue weighted by molar-refractivity contribution is 6.30. The van der Waals surface area contributed by atoms with Gasteiger partial charge >= 0.3 is 5.97 Å². The van der Waals surface area contributed by atoms with Gasteiger partial charge in [0.15, 0.2) is 0 Å². The molecule has 0 bridgehead atoms. The molecule has 0 amide bonds. The Bertz CT molecular complexity index is 457. The number of halogens is 1. The van der Waals surface area contributed by atoms with Crippen molar-refractivity contribution in [2.75, 3.05) is 19.0 Å². The molecule has 1 rings (SSSR count). The van der Waals surface area contributed by atoms with Crippen LogP contribution >= 0.6 is 11.6 Å². The van der Waals surface area contributed by atoms with Crippen LogP contribution in [0.25, 0.3) is 0 Å². The maximum Gasteiger partial charge on any atom is 0.330 e. The first-order chi connectivity index (χ1) is 8.12. The normalized spacial score (nSPS) is 11.4. The number of esters is 1. The molecule has 0 spiro atoms. The molecule has 1 aromatic rings. The number of aliphatic hydroxyl groups is 1. The van der Waals surface area contributed by atoms with E-state index in [0.717, 1.165) is 0 Å². The number of methoxy groups -OCH3 is 1. The number of nitrogens with one attached hydrogen (secondary N) is 1. The molecule has 1 atom stereocenters. The molecule has 0 heterocycles. The summed E-state index contributed by atoms with van der Waals surface area (Å²) in [6.45, 7) is -0.440. The number of anilines is 1. The highest BCUT2D eigenvalue weighted by Gasteiger charge is 2.19. The molecular weight excluding hydrogens is 244 g/mol. The van der Waals surface area contributed by atoms with E-state index in [1.54, 1.807) is 6.07 Å². The second kappa shape index (κ2) is 6.09. The van der Waals surface area contributed by atoms with Crippen molar-refractivity contribution < 1.29 is 14.6 Å². The van der Waals surface area contributed by atoms with Crippen LogP contribution < -0.4 is 5.32 Å².